The van der Waals surface area contributed by atoms with E-state index in [4.69, 9.17) is 16.6 Å². The molecule has 0 radical (unpaired) electrons. The molecule has 168 valence electrons. The van der Waals surface area contributed by atoms with Gasteiger partial charge in [-0.15, -0.1) is 0 Å². The van der Waals surface area contributed by atoms with E-state index in [0.717, 1.165) is 27.9 Å². The molecule has 4 aromatic carbocycles. The highest BCUT2D eigenvalue weighted by molar-refractivity contribution is 6.30. The van der Waals surface area contributed by atoms with Crippen LogP contribution in [0.1, 0.15) is 28.1 Å². The molecule has 0 amide bonds. The van der Waals surface area contributed by atoms with Crippen molar-refractivity contribution < 1.29 is 0 Å². The summed E-state index contributed by atoms with van der Waals surface area (Å²) >= 11 is 6.02. The van der Waals surface area contributed by atoms with Crippen molar-refractivity contribution in [3.05, 3.63) is 141 Å². The molecule has 0 atom stereocenters. The molecule has 0 fully saturated rings. The molecule has 0 aliphatic rings. The molecule has 0 N–H and O–H groups in total. The number of hydrogen-bond acceptors (Lipinski definition) is 2. The number of aryl methyl sites for hydroxylation is 1. The van der Waals surface area contributed by atoms with Crippen LogP contribution in [0.25, 0.3) is 28.7 Å². The smallest absolute Gasteiger partial charge is 0.266 e. The van der Waals surface area contributed by atoms with Gasteiger partial charge in [0.2, 0.25) is 0 Å². The lowest BCUT2D eigenvalue weighted by molar-refractivity contribution is 0.934. The Morgan fingerprint density at radius 3 is 2.29 bits per heavy atom. The van der Waals surface area contributed by atoms with Crippen molar-refractivity contribution in [3.63, 3.8) is 0 Å². The Morgan fingerprint density at radius 1 is 0.800 bits per heavy atom. The number of benzene rings is 4. The molecule has 1 heterocycles. The quantitative estimate of drug-likeness (QED) is 0.267. The first-order valence-electron chi connectivity index (χ1n) is 11.2. The number of fused-ring (bicyclic) bond motifs is 1. The summed E-state index contributed by atoms with van der Waals surface area (Å²) in [7, 11) is 0. The predicted octanol–water partition coefficient (Wildman–Crippen LogP) is 6.92. The predicted molar refractivity (Wildman–Crippen MR) is 145 cm³/mol. The first kappa shape index (κ1) is 22.4. The number of aromatic nitrogens is 2. The van der Waals surface area contributed by atoms with Crippen LogP contribution in [-0.2, 0) is 0 Å². The molecule has 0 saturated carbocycles. The molecule has 0 spiro atoms. The molecule has 0 aliphatic carbocycles. The lowest BCUT2D eigenvalue weighted by atomic mass is 10.1. The maximum atomic E-state index is 13.6. The largest absolute Gasteiger partial charge is 0.268 e. The standard InChI is InChI=1S/C31H21ClN2O/c1-22-21-25(12-11-23-7-3-2-4-8-23)15-19-29(22)34-30(20-16-24-13-17-26(32)18-14-24)33-28-10-6-5-9-27(28)31(34)35/h2-10,13-21H,1H3. The van der Waals surface area contributed by atoms with Crippen LogP contribution in [0.15, 0.2) is 102 Å². The van der Waals surface area contributed by atoms with Crippen molar-refractivity contribution in [1.82, 2.24) is 9.55 Å². The number of halogens is 1. The zero-order chi connectivity index (χ0) is 24.2. The zero-order valence-corrected chi connectivity index (χ0v) is 19.8. The second-order valence-corrected chi connectivity index (χ2v) is 8.57. The van der Waals surface area contributed by atoms with Crippen molar-refractivity contribution >= 4 is 34.7 Å². The van der Waals surface area contributed by atoms with E-state index in [9.17, 15) is 4.79 Å². The van der Waals surface area contributed by atoms with Gasteiger partial charge in [-0.2, -0.15) is 0 Å². The van der Waals surface area contributed by atoms with E-state index < -0.39 is 0 Å². The Morgan fingerprint density at radius 2 is 1.51 bits per heavy atom. The second-order valence-electron chi connectivity index (χ2n) is 8.13. The number of rotatable bonds is 3. The summed E-state index contributed by atoms with van der Waals surface area (Å²) in [6.45, 7) is 1.98. The van der Waals surface area contributed by atoms with Crippen LogP contribution in [0.5, 0.6) is 0 Å². The van der Waals surface area contributed by atoms with Crippen molar-refractivity contribution in [2.24, 2.45) is 0 Å². The van der Waals surface area contributed by atoms with Gasteiger partial charge in [-0.1, -0.05) is 72.0 Å². The molecule has 5 aromatic rings. The first-order valence-corrected chi connectivity index (χ1v) is 11.6. The van der Waals surface area contributed by atoms with E-state index in [-0.39, 0.29) is 5.56 Å². The van der Waals surface area contributed by atoms with Crippen molar-refractivity contribution in [3.8, 4) is 17.5 Å². The molecule has 35 heavy (non-hydrogen) atoms. The molecule has 0 aliphatic heterocycles. The zero-order valence-electron chi connectivity index (χ0n) is 19.1. The van der Waals surface area contributed by atoms with Crippen molar-refractivity contribution in [2.45, 2.75) is 6.92 Å². The summed E-state index contributed by atoms with van der Waals surface area (Å²) in [5.41, 5.74) is 5.06. The highest BCUT2D eigenvalue weighted by Gasteiger charge is 2.13. The molecule has 3 nitrogen and oxygen atoms in total. The molecule has 0 unspecified atom stereocenters. The van der Waals surface area contributed by atoms with Gasteiger partial charge in [0, 0.05) is 16.1 Å². The maximum Gasteiger partial charge on any atom is 0.266 e. The average molecular weight is 473 g/mol. The SMILES string of the molecule is Cc1cc(C#Cc2ccccc2)ccc1-n1c(C=Cc2ccc(Cl)cc2)nc2ccccc2c1=O. The van der Waals surface area contributed by atoms with Gasteiger partial charge in [0.25, 0.3) is 5.56 Å². The van der Waals surface area contributed by atoms with E-state index in [0.29, 0.717) is 21.7 Å². The van der Waals surface area contributed by atoms with Gasteiger partial charge in [-0.3, -0.25) is 9.36 Å². The number of nitrogens with zero attached hydrogens (tertiary/aromatic N) is 2. The fourth-order valence-corrected chi connectivity index (χ4v) is 4.02. The van der Waals surface area contributed by atoms with E-state index in [1.807, 2.05) is 116 Å². The van der Waals surface area contributed by atoms with Gasteiger partial charge in [-0.25, -0.2) is 4.98 Å². The van der Waals surface area contributed by atoms with Gasteiger partial charge in [-0.05, 0) is 78.7 Å². The molecule has 5 rings (SSSR count). The summed E-state index contributed by atoms with van der Waals surface area (Å²) in [5.74, 6) is 6.95. The summed E-state index contributed by atoms with van der Waals surface area (Å²) in [6.07, 6.45) is 3.79. The second kappa shape index (κ2) is 9.85. The third-order valence-electron chi connectivity index (χ3n) is 5.66. The highest BCUT2D eigenvalue weighted by atomic mass is 35.5. The molecule has 0 bridgehead atoms. The van der Waals surface area contributed by atoms with E-state index in [1.54, 1.807) is 4.57 Å². The summed E-state index contributed by atoms with van der Waals surface area (Å²) in [4.78, 5) is 18.4. The Kier molecular flexibility index (Phi) is 6.30. The maximum absolute atomic E-state index is 13.6. The lowest BCUT2D eigenvalue weighted by Gasteiger charge is -2.14. The van der Waals surface area contributed by atoms with Crippen LogP contribution >= 0.6 is 11.6 Å². The van der Waals surface area contributed by atoms with Gasteiger partial charge >= 0.3 is 0 Å². The molecular weight excluding hydrogens is 452 g/mol. The average Bonchev–Trinajstić information content (AvgIpc) is 2.88. The van der Waals surface area contributed by atoms with Gasteiger partial charge in [0.05, 0.1) is 16.6 Å². The van der Waals surface area contributed by atoms with Gasteiger partial charge in [0.1, 0.15) is 5.82 Å². The Hall–Kier alpha value is -4.39. The van der Waals surface area contributed by atoms with Crippen LogP contribution < -0.4 is 5.56 Å². The van der Waals surface area contributed by atoms with E-state index in [2.05, 4.69) is 11.8 Å². The molecule has 0 saturated heterocycles. The number of para-hydroxylation sites is 1. The lowest BCUT2D eigenvalue weighted by Crippen LogP contribution is -2.23. The first-order chi connectivity index (χ1) is 17.1. The van der Waals surface area contributed by atoms with Crippen molar-refractivity contribution in [1.29, 1.82) is 0 Å². The van der Waals surface area contributed by atoms with Crippen LogP contribution in [0.3, 0.4) is 0 Å². The van der Waals surface area contributed by atoms with Gasteiger partial charge < -0.3 is 0 Å². The molecule has 4 heteroatoms. The van der Waals surface area contributed by atoms with Crippen LogP contribution in [0, 0.1) is 18.8 Å². The highest BCUT2D eigenvalue weighted by Crippen LogP contribution is 2.20. The fourth-order valence-electron chi connectivity index (χ4n) is 3.89. The van der Waals surface area contributed by atoms with Gasteiger partial charge in [0.15, 0.2) is 0 Å². The Labute approximate surface area is 209 Å². The van der Waals surface area contributed by atoms with E-state index >= 15 is 0 Å². The van der Waals surface area contributed by atoms with Crippen molar-refractivity contribution in [2.75, 3.05) is 0 Å². The normalized spacial score (nSPS) is 10.9. The summed E-state index contributed by atoms with van der Waals surface area (Å²) in [5, 5.41) is 1.25. The molecule has 1 aromatic heterocycles. The third-order valence-corrected chi connectivity index (χ3v) is 5.91. The fraction of sp³-hybridized carbons (Fsp3) is 0.0323. The third kappa shape index (κ3) is 4.94. The minimum absolute atomic E-state index is 0.113. The van der Waals surface area contributed by atoms with E-state index in [1.165, 1.54) is 0 Å². The summed E-state index contributed by atoms with van der Waals surface area (Å²) in [6, 6.07) is 30.7. The minimum Gasteiger partial charge on any atom is -0.268 e. The summed E-state index contributed by atoms with van der Waals surface area (Å²) < 4.78 is 1.67. The Bertz CT molecular complexity index is 1670. The van der Waals surface area contributed by atoms with Crippen LogP contribution in [-0.4, -0.2) is 9.55 Å². The number of hydrogen-bond donors (Lipinski definition) is 0. The Balaban J connectivity index is 1.61. The minimum atomic E-state index is -0.113. The topological polar surface area (TPSA) is 34.9 Å². The monoisotopic (exact) mass is 472 g/mol. The molecular formula is C31H21ClN2O. The van der Waals surface area contributed by atoms with Crippen LogP contribution in [0.2, 0.25) is 5.02 Å². The van der Waals surface area contributed by atoms with Crippen LogP contribution in [0.4, 0.5) is 0 Å².